The number of hydrogen-bond acceptors (Lipinski definition) is 7. The summed E-state index contributed by atoms with van der Waals surface area (Å²) in [6, 6.07) is 8.09. The van der Waals surface area contributed by atoms with E-state index >= 15 is 0 Å². The van der Waals surface area contributed by atoms with Gasteiger partial charge in [0.2, 0.25) is 5.88 Å². The van der Waals surface area contributed by atoms with Crippen molar-refractivity contribution in [2.24, 2.45) is 5.92 Å². The molecule has 4 heterocycles. The minimum Gasteiger partial charge on any atom is -0.476 e. The van der Waals surface area contributed by atoms with Gasteiger partial charge in [-0.25, -0.2) is 4.98 Å². The van der Waals surface area contributed by atoms with Crippen molar-refractivity contribution in [3.05, 3.63) is 65.6 Å². The molecule has 0 atom stereocenters. The summed E-state index contributed by atoms with van der Waals surface area (Å²) in [7, 11) is 0. The lowest BCUT2D eigenvalue weighted by atomic mass is 9.95. The Balaban J connectivity index is 1.36. The van der Waals surface area contributed by atoms with E-state index in [0.29, 0.717) is 50.4 Å². The molecule has 1 aromatic carbocycles. The molecule has 5 rings (SSSR count). The van der Waals surface area contributed by atoms with Gasteiger partial charge in [0.15, 0.2) is 0 Å². The third kappa shape index (κ3) is 7.34. The van der Waals surface area contributed by atoms with Crippen LogP contribution in [0.25, 0.3) is 11.1 Å². The zero-order valence-corrected chi connectivity index (χ0v) is 23.0. The van der Waals surface area contributed by atoms with Crippen molar-refractivity contribution in [3.63, 3.8) is 0 Å². The number of amides is 1. The van der Waals surface area contributed by atoms with E-state index < -0.39 is 17.6 Å². The van der Waals surface area contributed by atoms with Crippen LogP contribution in [0.15, 0.2) is 48.8 Å². The number of benzene rings is 1. The molecule has 0 aliphatic carbocycles. The van der Waals surface area contributed by atoms with Crippen molar-refractivity contribution in [3.8, 4) is 17.0 Å². The molecule has 0 unspecified atom stereocenters. The predicted molar refractivity (Wildman–Crippen MR) is 150 cm³/mol. The molecule has 0 saturated carbocycles. The molecule has 41 heavy (non-hydrogen) atoms. The van der Waals surface area contributed by atoms with Crippen LogP contribution in [0.3, 0.4) is 0 Å². The summed E-state index contributed by atoms with van der Waals surface area (Å²) >= 11 is 0. The van der Waals surface area contributed by atoms with E-state index in [1.807, 2.05) is 13.0 Å². The fourth-order valence-electron chi connectivity index (χ4n) is 5.16. The van der Waals surface area contributed by atoms with E-state index in [1.165, 1.54) is 18.3 Å². The standard InChI is InChI=1S/C30H34F3N5O3/c1-20-26(17-25(19-35-20)37-28(39)22-3-2-4-24(15-22)30(31,32)33)23-16-27(38-10-13-40-14-11-38)29(36-18-23)41-12-7-21-5-8-34-9-6-21/h2-4,15-19,21,34H,5-14H2,1H3,(H,37,39). The zero-order valence-electron chi connectivity index (χ0n) is 23.0. The summed E-state index contributed by atoms with van der Waals surface area (Å²) in [5, 5.41) is 6.07. The van der Waals surface area contributed by atoms with E-state index in [9.17, 15) is 18.0 Å². The molecule has 0 radical (unpaired) electrons. The Morgan fingerprint density at radius 2 is 1.90 bits per heavy atom. The van der Waals surface area contributed by atoms with Gasteiger partial charge >= 0.3 is 6.18 Å². The van der Waals surface area contributed by atoms with Crippen LogP contribution in [0, 0.1) is 12.8 Å². The molecule has 2 aliphatic rings. The van der Waals surface area contributed by atoms with Crippen molar-refractivity contribution >= 4 is 17.3 Å². The van der Waals surface area contributed by atoms with E-state index in [4.69, 9.17) is 9.47 Å². The number of piperidine rings is 1. The van der Waals surface area contributed by atoms with Crippen molar-refractivity contribution < 1.29 is 27.4 Å². The fourth-order valence-corrected chi connectivity index (χ4v) is 5.16. The Labute approximate surface area is 237 Å². The number of ether oxygens (including phenoxy) is 2. The third-order valence-electron chi connectivity index (χ3n) is 7.52. The van der Waals surface area contributed by atoms with E-state index in [2.05, 4.69) is 25.5 Å². The lowest BCUT2D eigenvalue weighted by Crippen LogP contribution is -2.36. The third-order valence-corrected chi connectivity index (χ3v) is 7.52. The summed E-state index contributed by atoms with van der Waals surface area (Å²) in [5.74, 6) is 0.562. The number of hydrogen-bond donors (Lipinski definition) is 2. The van der Waals surface area contributed by atoms with Gasteiger partial charge in [-0.15, -0.1) is 0 Å². The molecule has 0 bridgehead atoms. The van der Waals surface area contributed by atoms with Crippen LogP contribution in [-0.2, 0) is 10.9 Å². The molecule has 2 aliphatic heterocycles. The number of rotatable bonds is 8. The van der Waals surface area contributed by atoms with Gasteiger partial charge in [0.05, 0.1) is 37.3 Å². The normalized spacial score (nSPS) is 16.4. The van der Waals surface area contributed by atoms with Crippen LogP contribution in [0.4, 0.5) is 24.5 Å². The smallest absolute Gasteiger partial charge is 0.416 e. The van der Waals surface area contributed by atoms with Crippen LogP contribution in [0.1, 0.15) is 40.9 Å². The highest BCUT2D eigenvalue weighted by Crippen LogP contribution is 2.34. The number of morpholine rings is 1. The first-order valence-electron chi connectivity index (χ1n) is 13.9. The average molecular weight is 570 g/mol. The van der Waals surface area contributed by atoms with Crippen molar-refractivity contribution in [1.29, 1.82) is 0 Å². The van der Waals surface area contributed by atoms with Gasteiger partial charge in [0.25, 0.3) is 5.91 Å². The summed E-state index contributed by atoms with van der Waals surface area (Å²) in [6.45, 7) is 7.16. The minimum absolute atomic E-state index is 0.0933. The van der Waals surface area contributed by atoms with Crippen molar-refractivity contribution in [2.45, 2.75) is 32.4 Å². The number of nitrogens with one attached hydrogen (secondary N) is 2. The number of alkyl halides is 3. The molecule has 2 fully saturated rings. The number of aryl methyl sites for hydroxylation is 1. The second-order valence-electron chi connectivity index (χ2n) is 10.4. The Kier molecular flexibility index (Phi) is 9.04. The first kappa shape index (κ1) is 28.8. The van der Waals surface area contributed by atoms with Crippen LogP contribution in [0.2, 0.25) is 0 Å². The van der Waals surface area contributed by atoms with Crippen LogP contribution < -0.4 is 20.3 Å². The van der Waals surface area contributed by atoms with Crippen molar-refractivity contribution in [1.82, 2.24) is 15.3 Å². The summed E-state index contributed by atoms with van der Waals surface area (Å²) in [4.78, 5) is 24.1. The van der Waals surface area contributed by atoms with E-state index in [0.717, 1.165) is 67.0 Å². The fraction of sp³-hybridized carbons (Fsp3) is 0.433. The predicted octanol–water partition coefficient (Wildman–Crippen LogP) is 5.33. The largest absolute Gasteiger partial charge is 0.476 e. The van der Waals surface area contributed by atoms with Crippen LogP contribution in [-0.4, -0.2) is 61.9 Å². The molecular formula is C30H34F3N5O3. The van der Waals surface area contributed by atoms with Crippen LogP contribution in [0.5, 0.6) is 5.88 Å². The van der Waals surface area contributed by atoms with Crippen LogP contribution >= 0.6 is 0 Å². The Morgan fingerprint density at radius 3 is 2.66 bits per heavy atom. The summed E-state index contributed by atoms with van der Waals surface area (Å²) in [6.07, 6.45) is 1.96. The first-order chi connectivity index (χ1) is 19.8. The second-order valence-corrected chi connectivity index (χ2v) is 10.4. The van der Waals surface area contributed by atoms with E-state index in [-0.39, 0.29) is 5.56 Å². The quantitative estimate of drug-likeness (QED) is 0.379. The second kappa shape index (κ2) is 12.9. The molecule has 0 spiro atoms. The number of aromatic nitrogens is 2. The van der Waals surface area contributed by atoms with Gasteiger partial charge in [-0.3, -0.25) is 9.78 Å². The van der Waals surface area contributed by atoms with Gasteiger partial charge in [-0.2, -0.15) is 13.2 Å². The number of halogens is 3. The maximum absolute atomic E-state index is 13.1. The van der Waals surface area contributed by atoms with Gasteiger partial charge in [-0.05, 0) is 75.5 Å². The Morgan fingerprint density at radius 1 is 1.12 bits per heavy atom. The average Bonchev–Trinajstić information content (AvgIpc) is 2.99. The highest BCUT2D eigenvalue weighted by molar-refractivity contribution is 6.04. The summed E-state index contributed by atoms with van der Waals surface area (Å²) in [5.41, 5.74) is 2.51. The molecule has 218 valence electrons. The molecule has 8 nitrogen and oxygen atoms in total. The lowest BCUT2D eigenvalue weighted by Gasteiger charge is -2.30. The Bertz CT molecular complexity index is 1360. The summed E-state index contributed by atoms with van der Waals surface area (Å²) < 4.78 is 51.1. The minimum atomic E-state index is -4.54. The van der Waals surface area contributed by atoms with Gasteiger partial charge < -0.3 is 25.0 Å². The molecule has 3 aromatic rings. The number of nitrogens with zero attached hydrogens (tertiary/aromatic N) is 3. The SMILES string of the molecule is Cc1ncc(NC(=O)c2cccc(C(F)(F)F)c2)cc1-c1cnc(OCCC2CCNCC2)c(N2CCOCC2)c1. The number of carbonyl (C=O) groups excluding carboxylic acids is 1. The Hall–Kier alpha value is -3.70. The monoisotopic (exact) mass is 569 g/mol. The molecule has 2 aromatic heterocycles. The zero-order chi connectivity index (χ0) is 28.8. The maximum Gasteiger partial charge on any atom is 0.416 e. The molecule has 2 N–H and O–H groups in total. The number of carbonyl (C=O) groups is 1. The number of anilines is 2. The molecule has 2 saturated heterocycles. The topological polar surface area (TPSA) is 88.6 Å². The highest BCUT2D eigenvalue weighted by Gasteiger charge is 2.31. The van der Waals surface area contributed by atoms with Gasteiger partial charge in [0.1, 0.15) is 5.69 Å². The molecular weight excluding hydrogens is 535 g/mol. The lowest BCUT2D eigenvalue weighted by molar-refractivity contribution is -0.137. The highest BCUT2D eigenvalue weighted by atomic mass is 19.4. The number of pyridine rings is 2. The van der Waals surface area contributed by atoms with E-state index in [1.54, 1.807) is 12.3 Å². The molecule has 1 amide bonds. The van der Waals surface area contributed by atoms with Gasteiger partial charge in [0, 0.05) is 41.7 Å². The molecule has 11 heteroatoms. The van der Waals surface area contributed by atoms with Crippen molar-refractivity contribution in [2.75, 3.05) is 56.2 Å². The maximum atomic E-state index is 13.1. The van der Waals surface area contributed by atoms with Gasteiger partial charge in [-0.1, -0.05) is 6.07 Å². The first-order valence-corrected chi connectivity index (χ1v) is 13.9.